The largest absolute Gasteiger partial charge is 0.372 e. The van der Waals surface area contributed by atoms with E-state index in [0.717, 1.165) is 29.7 Å². The van der Waals surface area contributed by atoms with Gasteiger partial charge in [-0.1, -0.05) is 15.9 Å². The summed E-state index contributed by atoms with van der Waals surface area (Å²) in [6.45, 7) is 2.77. The van der Waals surface area contributed by atoms with E-state index in [2.05, 4.69) is 20.8 Å². The van der Waals surface area contributed by atoms with Crippen molar-refractivity contribution in [1.29, 1.82) is 0 Å². The molecule has 2 unspecified atom stereocenters. The van der Waals surface area contributed by atoms with Crippen molar-refractivity contribution >= 4 is 15.9 Å². The molecule has 2 aliphatic rings. The second-order valence-electron chi connectivity index (χ2n) is 4.93. The van der Waals surface area contributed by atoms with Gasteiger partial charge in [0.25, 0.3) is 0 Å². The van der Waals surface area contributed by atoms with Crippen LogP contribution in [0.2, 0.25) is 0 Å². The third-order valence-corrected chi connectivity index (χ3v) is 3.91. The van der Waals surface area contributed by atoms with Crippen molar-refractivity contribution in [2.75, 3.05) is 13.1 Å². The van der Waals surface area contributed by atoms with Gasteiger partial charge in [-0.05, 0) is 36.6 Å². The number of nitrogens with zero attached hydrogens (tertiary/aromatic N) is 1. The van der Waals surface area contributed by atoms with E-state index in [9.17, 15) is 4.39 Å². The number of hydrogen-bond acceptors (Lipinski definition) is 2. The standard InChI is InChI=1S/C13H15BrFNO/c14-10-3-9(4-11(15)5-10)6-16-7-12-1-2-13(8-16)17-12/h3-5,12-13H,1-2,6-8H2. The van der Waals surface area contributed by atoms with Gasteiger partial charge in [0, 0.05) is 24.1 Å². The molecular weight excluding hydrogens is 285 g/mol. The molecule has 3 rings (SSSR count). The average molecular weight is 300 g/mol. The number of ether oxygens (including phenoxy) is 1. The minimum Gasteiger partial charge on any atom is -0.372 e. The summed E-state index contributed by atoms with van der Waals surface area (Å²) in [5.74, 6) is -0.175. The molecule has 1 aromatic rings. The van der Waals surface area contributed by atoms with Crippen LogP contribution in [0.25, 0.3) is 0 Å². The van der Waals surface area contributed by atoms with Crippen LogP contribution in [0.1, 0.15) is 18.4 Å². The van der Waals surface area contributed by atoms with E-state index in [1.54, 1.807) is 6.07 Å². The first-order valence-electron chi connectivity index (χ1n) is 6.02. The SMILES string of the molecule is Fc1cc(Br)cc(CN2CC3CCC(C2)O3)c1. The normalized spacial score (nSPS) is 28.6. The van der Waals surface area contributed by atoms with Crippen molar-refractivity contribution in [3.05, 3.63) is 34.1 Å². The van der Waals surface area contributed by atoms with Gasteiger partial charge in [0.15, 0.2) is 0 Å². The van der Waals surface area contributed by atoms with Crippen LogP contribution in [-0.2, 0) is 11.3 Å². The quantitative estimate of drug-likeness (QED) is 0.832. The Balaban J connectivity index is 1.70. The number of morpholine rings is 1. The van der Waals surface area contributed by atoms with E-state index in [1.165, 1.54) is 18.9 Å². The second kappa shape index (κ2) is 4.67. The van der Waals surface area contributed by atoms with E-state index >= 15 is 0 Å². The van der Waals surface area contributed by atoms with Crippen LogP contribution in [0.3, 0.4) is 0 Å². The molecule has 2 nitrogen and oxygen atoms in total. The van der Waals surface area contributed by atoms with Crippen LogP contribution < -0.4 is 0 Å². The maximum Gasteiger partial charge on any atom is 0.124 e. The van der Waals surface area contributed by atoms with Crippen molar-refractivity contribution in [2.45, 2.75) is 31.6 Å². The predicted molar refractivity (Wildman–Crippen MR) is 67.3 cm³/mol. The van der Waals surface area contributed by atoms with Gasteiger partial charge < -0.3 is 4.74 Å². The predicted octanol–water partition coefficient (Wildman–Crippen LogP) is 2.95. The number of likely N-dealkylation sites (tertiary alicyclic amines) is 1. The number of rotatable bonds is 2. The van der Waals surface area contributed by atoms with Gasteiger partial charge in [-0.25, -0.2) is 4.39 Å². The number of fused-ring (bicyclic) bond motifs is 2. The van der Waals surface area contributed by atoms with E-state index < -0.39 is 0 Å². The van der Waals surface area contributed by atoms with Gasteiger partial charge in [-0.3, -0.25) is 4.90 Å². The van der Waals surface area contributed by atoms with E-state index in [1.807, 2.05) is 6.07 Å². The Morgan fingerprint density at radius 2 is 1.94 bits per heavy atom. The molecule has 2 saturated heterocycles. The van der Waals surface area contributed by atoms with Crippen LogP contribution in [0, 0.1) is 5.82 Å². The Bertz CT molecular complexity index is 394. The Hall–Kier alpha value is -0.450. The van der Waals surface area contributed by atoms with Gasteiger partial charge in [0.2, 0.25) is 0 Å². The van der Waals surface area contributed by atoms with Gasteiger partial charge in [-0.15, -0.1) is 0 Å². The molecule has 0 spiro atoms. The Labute approximate surface area is 109 Å². The van der Waals surface area contributed by atoms with Crippen LogP contribution in [0.15, 0.2) is 22.7 Å². The van der Waals surface area contributed by atoms with E-state index in [-0.39, 0.29) is 5.82 Å². The molecule has 92 valence electrons. The molecule has 0 radical (unpaired) electrons. The third-order valence-electron chi connectivity index (χ3n) is 3.45. The molecule has 4 heteroatoms. The summed E-state index contributed by atoms with van der Waals surface area (Å²) >= 11 is 3.33. The summed E-state index contributed by atoms with van der Waals surface area (Å²) < 4.78 is 19.9. The highest BCUT2D eigenvalue weighted by Crippen LogP contribution is 2.27. The van der Waals surface area contributed by atoms with Crippen molar-refractivity contribution in [2.24, 2.45) is 0 Å². The first-order chi connectivity index (χ1) is 8.19. The summed E-state index contributed by atoms with van der Waals surface area (Å²) in [6.07, 6.45) is 3.14. The topological polar surface area (TPSA) is 12.5 Å². The monoisotopic (exact) mass is 299 g/mol. The Morgan fingerprint density at radius 3 is 2.59 bits per heavy atom. The fourth-order valence-electron chi connectivity index (χ4n) is 2.79. The average Bonchev–Trinajstić information content (AvgIpc) is 2.56. The zero-order valence-corrected chi connectivity index (χ0v) is 11.1. The zero-order valence-electron chi connectivity index (χ0n) is 9.53. The smallest absolute Gasteiger partial charge is 0.124 e. The summed E-state index contributed by atoms with van der Waals surface area (Å²) in [5.41, 5.74) is 1.03. The van der Waals surface area contributed by atoms with Crippen molar-refractivity contribution in [3.8, 4) is 0 Å². The molecule has 0 N–H and O–H groups in total. The maximum atomic E-state index is 13.3. The first kappa shape index (κ1) is 11.6. The fourth-order valence-corrected chi connectivity index (χ4v) is 3.30. The third kappa shape index (κ3) is 2.69. The van der Waals surface area contributed by atoms with Crippen LogP contribution in [0.5, 0.6) is 0 Å². The highest BCUT2D eigenvalue weighted by Gasteiger charge is 2.33. The second-order valence-corrected chi connectivity index (χ2v) is 5.84. The van der Waals surface area contributed by atoms with Crippen molar-refractivity contribution in [3.63, 3.8) is 0 Å². The molecule has 2 atom stereocenters. The lowest BCUT2D eigenvalue weighted by Gasteiger charge is -2.32. The molecule has 2 bridgehead atoms. The molecule has 1 aromatic carbocycles. The molecule has 0 saturated carbocycles. The summed E-state index contributed by atoms with van der Waals surface area (Å²) in [6, 6.07) is 5.09. The Kier molecular flexibility index (Phi) is 3.19. The molecule has 2 fully saturated rings. The molecule has 0 aromatic heterocycles. The molecule has 0 aliphatic carbocycles. The van der Waals surface area contributed by atoms with Crippen LogP contribution >= 0.6 is 15.9 Å². The van der Waals surface area contributed by atoms with Crippen LogP contribution in [0.4, 0.5) is 4.39 Å². The number of benzene rings is 1. The van der Waals surface area contributed by atoms with E-state index in [0.29, 0.717) is 12.2 Å². The molecule has 2 heterocycles. The number of hydrogen-bond donors (Lipinski definition) is 0. The molecular formula is C13H15BrFNO. The molecule has 17 heavy (non-hydrogen) atoms. The minimum atomic E-state index is -0.175. The number of halogens is 2. The lowest BCUT2D eigenvalue weighted by Crippen LogP contribution is -2.41. The zero-order chi connectivity index (χ0) is 11.8. The van der Waals surface area contributed by atoms with Gasteiger partial charge in [-0.2, -0.15) is 0 Å². The van der Waals surface area contributed by atoms with Crippen molar-refractivity contribution in [1.82, 2.24) is 4.90 Å². The fraction of sp³-hybridized carbons (Fsp3) is 0.538. The summed E-state index contributed by atoms with van der Waals surface area (Å²) in [4.78, 5) is 2.37. The van der Waals surface area contributed by atoms with E-state index in [4.69, 9.17) is 4.74 Å². The first-order valence-corrected chi connectivity index (χ1v) is 6.81. The molecule has 2 aliphatic heterocycles. The highest BCUT2D eigenvalue weighted by atomic mass is 79.9. The minimum absolute atomic E-state index is 0.175. The maximum absolute atomic E-state index is 13.3. The van der Waals surface area contributed by atoms with Gasteiger partial charge in [0.05, 0.1) is 12.2 Å². The van der Waals surface area contributed by atoms with Gasteiger partial charge in [0.1, 0.15) is 5.82 Å². The Morgan fingerprint density at radius 1 is 1.24 bits per heavy atom. The van der Waals surface area contributed by atoms with Crippen molar-refractivity contribution < 1.29 is 9.13 Å². The lowest BCUT2D eigenvalue weighted by atomic mass is 10.2. The molecule has 0 amide bonds. The van der Waals surface area contributed by atoms with Crippen LogP contribution in [-0.4, -0.2) is 30.2 Å². The summed E-state index contributed by atoms with van der Waals surface area (Å²) in [7, 11) is 0. The lowest BCUT2D eigenvalue weighted by molar-refractivity contribution is -0.0410. The highest BCUT2D eigenvalue weighted by molar-refractivity contribution is 9.10. The van der Waals surface area contributed by atoms with Gasteiger partial charge >= 0.3 is 0 Å². The summed E-state index contributed by atoms with van der Waals surface area (Å²) in [5, 5.41) is 0.